The van der Waals surface area contributed by atoms with Crippen LogP contribution in [0.1, 0.15) is 0 Å². The van der Waals surface area contributed by atoms with Gasteiger partial charge in [0.15, 0.2) is 0 Å². The minimum absolute atomic E-state index is 0.878. The molecule has 0 aliphatic carbocycles. The third-order valence-electron chi connectivity index (χ3n) is 10.0. The summed E-state index contributed by atoms with van der Waals surface area (Å²) in [4.78, 5) is 2.39. The Morgan fingerprint density at radius 2 is 0.980 bits per heavy atom. The lowest BCUT2D eigenvalue weighted by molar-refractivity contribution is 0.670. The third kappa shape index (κ3) is 4.57. The van der Waals surface area contributed by atoms with E-state index in [9.17, 15) is 0 Å². The van der Waals surface area contributed by atoms with Crippen molar-refractivity contribution >= 4 is 71.3 Å². The van der Waals surface area contributed by atoms with Gasteiger partial charge in [0, 0.05) is 22.3 Å². The van der Waals surface area contributed by atoms with Gasteiger partial charge in [-0.25, -0.2) is 0 Å². The lowest BCUT2D eigenvalue weighted by Gasteiger charge is -2.27. The molecule has 0 saturated heterocycles. The Hall–Kier alpha value is -6.64. The highest BCUT2D eigenvalue weighted by atomic mass is 16.3. The fourth-order valence-electron chi connectivity index (χ4n) is 7.68. The average Bonchev–Trinajstić information content (AvgIpc) is 3.58. The number of hydrogen-bond acceptors (Lipinski definition) is 2. The molecule has 1 heterocycles. The Morgan fingerprint density at radius 3 is 1.82 bits per heavy atom. The van der Waals surface area contributed by atoms with E-state index in [0.717, 1.165) is 50.1 Å². The predicted octanol–water partition coefficient (Wildman–Crippen LogP) is 13.8. The van der Waals surface area contributed by atoms with Gasteiger partial charge in [-0.2, -0.15) is 0 Å². The average molecular weight is 638 g/mol. The molecule has 9 aromatic carbocycles. The molecule has 0 aliphatic rings. The molecule has 0 bridgehead atoms. The first-order chi connectivity index (χ1) is 24.8. The van der Waals surface area contributed by atoms with Crippen LogP contribution in [0.4, 0.5) is 17.1 Å². The Bertz CT molecular complexity index is 2860. The van der Waals surface area contributed by atoms with Crippen molar-refractivity contribution in [1.29, 1.82) is 0 Å². The van der Waals surface area contributed by atoms with Crippen LogP contribution in [-0.2, 0) is 0 Å². The lowest BCUT2D eigenvalue weighted by Crippen LogP contribution is -2.10. The SMILES string of the molecule is c1ccc(-c2ccc(N(c3ccc(-c4cccc5ccccc45)cc3)c3ccc4c(ccc5ccccc54)c3)c3c2oc2ccccc23)cc1. The minimum atomic E-state index is 0.878. The summed E-state index contributed by atoms with van der Waals surface area (Å²) in [6.07, 6.45) is 0. The quantitative estimate of drug-likeness (QED) is 0.175. The van der Waals surface area contributed by atoms with Gasteiger partial charge >= 0.3 is 0 Å². The highest BCUT2D eigenvalue weighted by Crippen LogP contribution is 2.47. The van der Waals surface area contributed by atoms with E-state index >= 15 is 0 Å². The number of benzene rings is 9. The van der Waals surface area contributed by atoms with Gasteiger partial charge in [-0.3, -0.25) is 0 Å². The van der Waals surface area contributed by atoms with Crippen molar-refractivity contribution in [2.75, 3.05) is 4.90 Å². The molecule has 0 aliphatic heterocycles. The summed E-state index contributed by atoms with van der Waals surface area (Å²) >= 11 is 0. The molecular weight excluding hydrogens is 607 g/mol. The first-order valence-electron chi connectivity index (χ1n) is 17.1. The van der Waals surface area contributed by atoms with Crippen molar-refractivity contribution in [1.82, 2.24) is 0 Å². The van der Waals surface area contributed by atoms with Crippen molar-refractivity contribution in [3.63, 3.8) is 0 Å². The standard InChI is InChI=1S/C48H31NO/c1-2-11-33(12-3-1)43-29-30-45(47-44-18-8-9-20-46(44)50-48(43)47)49(38-27-28-42-36(31-38)22-21-34-14-5-7-17-40(34)42)37-25-23-35(24-26-37)41-19-10-15-32-13-4-6-16-39(32)41/h1-31H. The second-order valence-electron chi connectivity index (χ2n) is 12.9. The zero-order valence-corrected chi connectivity index (χ0v) is 27.3. The van der Waals surface area contributed by atoms with Gasteiger partial charge in [0.05, 0.1) is 11.1 Å². The van der Waals surface area contributed by atoms with Gasteiger partial charge < -0.3 is 9.32 Å². The molecule has 0 spiro atoms. The van der Waals surface area contributed by atoms with Gasteiger partial charge in [-0.1, -0.05) is 146 Å². The second kappa shape index (κ2) is 11.5. The predicted molar refractivity (Wildman–Crippen MR) is 212 cm³/mol. The normalized spacial score (nSPS) is 11.6. The molecule has 234 valence electrons. The third-order valence-corrected chi connectivity index (χ3v) is 10.0. The summed E-state index contributed by atoms with van der Waals surface area (Å²) in [6, 6.07) is 67.5. The van der Waals surface area contributed by atoms with Crippen LogP contribution in [0, 0.1) is 0 Å². The lowest BCUT2D eigenvalue weighted by atomic mass is 9.97. The van der Waals surface area contributed by atoms with Crippen LogP contribution in [0.25, 0.3) is 76.5 Å². The number of hydrogen-bond donors (Lipinski definition) is 0. The Labute approximate surface area is 290 Å². The van der Waals surface area contributed by atoms with Crippen LogP contribution in [0.2, 0.25) is 0 Å². The number of fused-ring (bicyclic) bond motifs is 7. The van der Waals surface area contributed by atoms with E-state index in [1.807, 2.05) is 6.07 Å². The maximum atomic E-state index is 6.71. The number of anilines is 3. The molecule has 2 nitrogen and oxygen atoms in total. The van der Waals surface area contributed by atoms with E-state index in [0.29, 0.717) is 0 Å². The number of para-hydroxylation sites is 1. The van der Waals surface area contributed by atoms with Crippen LogP contribution in [0.15, 0.2) is 192 Å². The van der Waals surface area contributed by atoms with Crippen molar-refractivity contribution in [3.8, 4) is 22.3 Å². The summed E-state index contributed by atoms with van der Waals surface area (Å²) < 4.78 is 6.71. The largest absolute Gasteiger partial charge is 0.455 e. The van der Waals surface area contributed by atoms with Gasteiger partial charge in [-0.05, 0) is 91.5 Å². The maximum absolute atomic E-state index is 6.71. The zero-order valence-electron chi connectivity index (χ0n) is 27.3. The summed E-state index contributed by atoms with van der Waals surface area (Å²) in [7, 11) is 0. The number of rotatable bonds is 5. The smallest absolute Gasteiger partial charge is 0.145 e. The molecule has 0 atom stereocenters. The van der Waals surface area contributed by atoms with Crippen LogP contribution in [0.3, 0.4) is 0 Å². The second-order valence-corrected chi connectivity index (χ2v) is 12.9. The summed E-state index contributed by atoms with van der Waals surface area (Å²) in [5.41, 5.74) is 9.63. The van der Waals surface area contributed by atoms with E-state index < -0.39 is 0 Å². The van der Waals surface area contributed by atoms with E-state index in [2.05, 4.69) is 187 Å². The Balaban J connectivity index is 1.22. The van der Waals surface area contributed by atoms with Crippen molar-refractivity contribution in [2.45, 2.75) is 0 Å². The van der Waals surface area contributed by atoms with E-state index in [4.69, 9.17) is 4.42 Å². The molecule has 50 heavy (non-hydrogen) atoms. The summed E-state index contributed by atoms with van der Waals surface area (Å²) in [6.45, 7) is 0. The molecule has 0 amide bonds. The van der Waals surface area contributed by atoms with Crippen LogP contribution in [-0.4, -0.2) is 0 Å². The first-order valence-corrected chi connectivity index (χ1v) is 17.1. The molecule has 10 rings (SSSR count). The molecule has 0 radical (unpaired) electrons. The van der Waals surface area contributed by atoms with Gasteiger partial charge in [0.2, 0.25) is 0 Å². The van der Waals surface area contributed by atoms with Gasteiger partial charge in [0.1, 0.15) is 11.2 Å². The van der Waals surface area contributed by atoms with Gasteiger partial charge in [-0.15, -0.1) is 0 Å². The number of furan rings is 1. The summed E-state index contributed by atoms with van der Waals surface area (Å²) in [5.74, 6) is 0. The summed E-state index contributed by atoms with van der Waals surface area (Å²) in [5, 5.41) is 9.65. The maximum Gasteiger partial charge on any atom is 0.145 e. The molecule has 0 N–H and O–H groups in total. The fourth-order valence-corrected chi connectivity index (χ4v) is 7.68. The molecular formula is C48H31NO. The first kappa shape index (κ1) is 28.4. The fraction of sp³-hybridized carbons (Fsp3) is 0. The molecule has 2 heteroatoms. The molecule has 0 saturated carbocycles. The van der Waals surface area contributed by atoms with Crippen LogP contribution < -0.4 is 4.90 Å². The van der Waals surface area contributed by atoms with E-state index in [-0.39, 0.29) is 0 Å². The number of nitrogens with zero attached hydrogens (tertiary/aromatic N) is 1. The monoisotopic (exact) mass is 637 g/mol. The Morgan fingerprint density at radius 1 is 0.360 bits per heavy atom. The van der Waals surface area contributed by atoms with Crippen LogP contribution >= 0.6 is 0 Å². The van der Waals surface area contributed by atoms with Crippen LogP contribution in [0.5, 0.6) is 0 Å². The molecule has 0 unspecified atom stereocenters. The molecule has 0 fully saturated rings. The topological polar surface area (TPSA) is 16.4 Å². The van der Waals surface area contributed by atoms with E-state index in [1.165, 1.54) is 43.4 Å². The van der Waals surface area contributed by atoms with Crippen molar-refractivity contribution in [3.05, 3.63) is 188 Å². The highest BCUT2D eigenvalue weighted by Gasteiger charge is 2.22. The minimum Gasteiger partial charge on any atom is -0.455 e. The van der Waals surface area contributed by atoms with Crippen molar-refractivity contribution < 1.29 is 4.42 Å². The van der Waals surface area contributed by atoms with Gasteiger partial charge in [0.25, 0.3) is 0 Å². The zero-order chi connectivity index (χ0) is 33.0. The van der Waals surface area contributed by atoms with E-state index in [1.54, 1.807) is 0 Å². The Kier molecular flexibility index (Phi) is 6.53. The highest BCUT2D eigenvalue weighted by molar-refractivity contribution is 6.17. The molecule has 10 aromatic rings. The van der Waals surface area contributed by atoms with Crippen molar-refractivity contribution in [2.24, 2.45) is 0 Å². The molecule has 1 aromatic heterocycles.